The van der Waals surface area contributed by atoms with Crippen molar-refractivity contribution in [3.63, 3.8) is 0 Å². The third-order valence-electron chi connectivity index (χ3n) is 4.09. The zero-order valence-corrected chi connectivity index (χ0v) is 14.3. The topological polar surface area (TPSA) is 52.0 Å². The Kier molecular flexibility index (Phi) is 5.43. The second kappa shape index (κ2) is 7.93. The van der Waals surface area contributed by atoms with E-state index < -0.39 is 0 Å². The average Bonchev–Trinajstić information content (AvgIpc) is 2.98. The van der Waals surface area contributed by atoms with Gasteiger partial charge >= 0.3 is 0 Å². The molecule has 0 aliphatic rings. The zero-order valence-electron chi connectivity index (χ0n) is 14.3. The molecule has 0 aliphatic carbocycles. The molecule has 126 valence electrons. The van der Waals surface area contributed by atoms with Gasteiger partial charge in [0.15, 0.2) is 5.65 Å². The van der Waals surface area contributed by atoms with Crippen LogP contribution in [-0.4, -0.2) is 21.6 Å². The van der Waals surface area contributed by atoms with Gasteiger partial charge in [0.05, 0.1) is 13.7 Å². The maximum atomic E-state index is 5.19. The third-order valence-corrected chi connectivity index (χ3v) is 4.09. The van der Waals surface area contributed by atoms with Gasteiger partial charge in [-0.15, -0.1) is 0 Å². The Hall–Kier alpha value is -2.40. The average molecular weight is 324 g/mol. The number of ether oxygens (including phenoxy) is 1. The van der Waals surface area contributed by atoms with Crippen molar-refractivity contribution in [3.8, 4) is 5.75 Å². The van der Waals surface area contributed by atoms with E-state index in [2.05, 4.69) is 33.9 Å². The van der Waals surface area contributed by atoms with Gasteiger partial charge in [0.2, 0.25) is 0 Å². The number of aryl methyl sites for hydroxylation is 1. The predicted octanol–water partition coefficient (Wildman–Crippen LogP) is 3.53. The molecule has 3 aromatic rings. The Labute approximate surface area is 142 Å². The summed E-state index contributed by atoms with van der Waals surface area (Å²) < 4.78 is 7.43. The molecule has 0 spiro atoms. The highest BCUT2D eigenvalue weighted by atomic mass is 16.5. The number of nitrogens with zero attached hydrogens (tertiary/aromatic N) is 3. The van der Waals surface area contributed by atoms with Crippen LogP contribution in [0, 0.1) is 0 Å². The number of benzene rings is 1. The molecule has 5 nitrogen and oxygen atoms in total. The lowest BCUT2D eigenvalue weighted by molar-refractivity contribution is 0.414. The van der Waals surface area contributed by atoms with Crippen molar-refractivity contribution in [2.24, 2.45) is 0 Å². The lowest BCUT2D eigenvalue weighted by atomic mass is 10.2. The first-order valence-electron chi connectivity index (χ1n) is 8.45. The summed E-state index contributed by atoms with van der Waals surface area (Å²) in [5.41, 5.74) is 3.17. The van der Waals surface area contributed by atoms with Crippen LogP contribution >= 0.6 is 0 Å². The first kappa shape index (κ1) is 16.5. The Morgan fingerprint density at radius 1 is 1.12 bits per heavy atom. The van der Waals surface area contributed by atoms with E-state index in [0.717, 1.165) is 55.2 Å². The van der Waals surface area contributed by atoms with Gasteiger partial charge in [-0.05, 0) is 36.2 Å². The molecule has 2 aromatic heterocycles. The van der Waals surface area contributed by atoms with Crippen molar-refractivity contribution in [2.75, 3.05) is 7.11 Å². The van der Waals surface area contributed by atoms with E-state index in [-0.39, 0.29) is 0 Å². The highest BCUT2D eigenvalue weighted by Crippen LogP contribution is 2.15. The van der Waals surface area contributed by atoms with Crippen molar-refractivity contribution in [2.45, 2.75) is 39.4 Å². The van der Waals surface area contributed by atoms with Gasteiger partial charge in [0, 0.05) is 19.3 Å². The Morgan fingerprint density at radius 2 is 1.96 bits per heavy atom. The van der Waals surface area contributed by atoms with Crippen LogP contribution in [0.1, 0.15) is 31.2 Å². The van der Waals surface area contributed by atoms with Crippen LogP contribution in [0.2, 0.25) is 0 Å². The van der Waals surface area contributed by atoms with Gasteiger partial charge in [0.25, 0.3) is 0 Å². The van der Waals surface area contributed by atoms with Crippen molar-refractivity contribution < 1.29 is 4.74 Å². The molecule has 24 heavy (non-hydrogen) atoms. The molecule has 0 radical (unpaired) electrons. The fourth-order valence-electron chi connectivity index (χ4n) is 2.75. The molecule has 1 aromatic carbocycles. The number of unbranched alkanes of at least 4 members (excludes halogenated alkanes) is 1. The summed E-state index contributed by atoms with van der Waals surface area (Å²) in [5, 5.41) is 3.48. The SMILES string of the molecule is CCCCn1c(CNCc2ccc(OC)cc2)nc2cccnc21. The summed E-state index contributed by atoms with van der Waals surface area (Å²) in [5.74, 6) is 1.93. The minimum atomic E-state index is 0.728. The summed E-state index contributed by atoms with van der Waals surface area (Å²) in [6, 6.07) is 12.1. The molecule has 0 aliphatic heterocycles. The van der Waals surface area contributed by atoms with E-state index in [1.165, 1.54) is 5.56 Å². The molecule has 0 atom stereocenters. The molecule has 1 N–H and O–H groups in total. The minimum absolute atomic E-state index is 0.728. The van der Waals surface area contributed by atoms with E-state index in [1.807, 2.05) is 30.5 Å². The van der Waals surface area contributed by atoms with Crippen molar-refractivity contribution >= 4 is 11.2 Å². The largest absolute Gasteiger partial charge is 0.497 e. The second-order valence-electron chi connectivity index (χ2n) is 5.83. The molecular weight excluding hydrogens is 300 g/mol. The van der Waals surface area contributed by atoms with Gasteiger partial charge < -0.3 is 14.6 Å². The smallest absolute Gasteiger partial charge is 0.160 e. The first-order chi connectivity index (χ1) is 11.8. The molecule has 0 unspecified atom stereocenters. The van der Waals surface area contributed by atoms with E-state index in [0.29, 0.717) is 0 Å². The number of fused-ring (bicyclic) bond motifs is 1. The van der Waals surface area contributed by atoms with Crippen LogP contribution in [-0.2, 0) is 19.6 Å². The standard InChI is InChI=1S/C19H24N4O/c1-3-4-12-23-18(22-17-6-5-11-21-19(17)23)14-20-13-15-7-9-16(24-2)10-8-15/h5-11,20H,3-4,12-14H2,1-2H3. The molecule has 0 saturated heterocycles. The quantitative estimate of drug-likeness (QED) is 0.689. The number of nitrogens with one attached hydrogen (secondary N) is 1. The number of methoxy groups -OCH3 is 1. The van der Waals surface area contributed by atoms with E-state index in [1.54, 1.807) is 7.11 Å². The Bertz CT molecular complexity index is 780. The fourth-order valence-corrected chi connectivity index (χ4v) is 2.75. The highest BCUT2D eigenvalue weighted by molar-refractivity contribution is 5.71. The van der Waals surface area contributed by atoms with Crippen molar-refractivity contribution in [3.05, 3.63) is 54.0 Å². The summed E-state index contributed by atoms with van der Waals surface area (Å²) in [6.45, 7) is 4.69. The maximum Gasteiger partial charge on any atom is 0.160 e. The summed E-state index contributed by atoms with van der Waals surface area (Å²) in [6.07, 6.45) is 4.12. The molecule has 0 bridgehead atoms. The van der Waals surface area contributed by atoms with Gasteiger partial charge in [-0.2, -0.15) is 0 Å². The minimum Gasteiger partial charge on any atom is -0.497 e. The van der Waals surface area contributed by atoms with Gasteiger partial charge in [0.1, 0.15) is 17.1 Å². The van der Waals surface area contributed by atoms with Gasteiger partial charge in [-0.25, -0.2) is 9.97 Å². The first-order valence-corrected chi connectivity index (χ1v) is 8.45. The van der Waals surface area contributed by atoms with E-state index >= 15 is 0 Å². The monoisotopic (exact) mass is 324 g/mol. The second-order valence-corrected chi connectivity index (χ2v) is 5.83. The highest BCUT2D eigenvalue weighted by Gasteiger charge is 2.10. The summed E-state index contributed by atoms with van der Waals surface area (Å²) >= 11 is 0. The molecule has 0 saturated carbocycles. The van der Waals surface area contributed by atoms with Crippen LogP contribution < -0.4 is 10.1 Å². The fraction of sp³-hybridized carbons (Fsp3) is 0.368. The van der Waals surface area contributed by atoms with E-state index in [9.17, 15) is 0 Å². The van der Waals surface area contributed by atoms with Crippen LogP contribution in [0.5, 0.6) is 5.75 Å². The Morgan fingerprint density at radius 3 is 2.71 bits per heavy atom. The lowest BCUT2D eigenvalue weighted by Gasteiger charge is -2.09. The van der Waals surface area contributed by atoms with E-state index in [4.69, 9.17) is 9.72 Å². The van der Waals surface area contributed by atoms with Crippen LogP contribution in [0.3, 0.4) is 0 Å². The number of rotatable bonds is 8. The zero-order chi connectivity index (χ0) is 16.8. The molecule has 2 heterocycles. The number of aromatic nitrogens is 3. The normalized spacial score (nSPS) is 11.1. The molecule has 5 heteroatoms. The molecule has 3 rings (SSSR count). The summed E-state index contributed by atoms with van der Waals surface area (Å²) in [7, 11) is 1.68. The number of hydrogen-bond acceptors (Lipinski definition) is 4. The van der Waals surface area contributed by atoms with Gasteiger partial charge in [-0.1, -0.05) is 25.5 Å². The predicted molar refractivity (Wildman–Crippen MR) is 96.0 cm³/mol. The summed E-state index contributed by atoms with van der Waals surface area (Å²) in [4.78, 5) is 9.24. The van der Waals surface area contributed by atoms with Crippen molar-refractivity contribution in [1.82, 2.24) is 19.9 Å². The number of pyridine rings is 1. The van der Waals surface area contributed by atoms with Crippen molar-refractivity contribution in [1.29, 1.82) is 0 Å². The molecule has 0 amide bonds. The third kappa shape index (κ3) is 3.74. The van der Waals surface area contributed by atoms with Crippen LogP contribution in [0.25, 0.3) is 11.2 Å². The lowest BCUT2D eigenvalue weighted by Crippen LogP contribution is -2.17. The maximum absolute atomic E-state index is 5.19. The molecular formula is C19H24N4O. The van der Waals surface area contributed by atoms with Crippen LogP contribution in [0.4, 0.5) is 0 Å². The Balaban J connectivity index is 1.69. The molecule has 0 fully saturated rings. The number of imidazole rings is 1. The van der Waals surface area contributed by atoms with Gasteiger partial charge in [-0.3, -0.25) is 0 Å². The number of hydrogen-bond donors (Lipinski definition) is 1. The van der Waals surface area contributed by atoms with Crippen LogP contribution in [0.15, 0.2) is 42.6 Å².